The molecule has 1 aliphatic rings. The van der Waals surface area contributed by atoms with Crippen molar-refractivity contribution in [1.29, 1.82) is 0 Å². The van der Waals surface area contributed by atoms with Gasteiger partial charge in [0.25, 0.3) is 0 Å². The van der Waals surface area contributed by atoms with Gasteiger partial charge in [-0.25, -0.2) is 0 Å². The molecular weight excluding hydrogens is 332 g/mol. The SMILES string of the molecule is CCOC(=O)[C@@H]1C(=O)C=C(c2cccs2)C[C@@H]1c1ccc(CC)cc1. The van der Waals surface area contributed by atoms with Crippen molar-refractivity contribution < 1.29 is 14.3 Å². The molecule has 1 aromatic carbocycles. The summed E-state index contributed by atoms with van der Waals surface area (Å²) < 4.78 is 5.19. The van der Waals surface area contributed by atoms with Crippen molar-refractivity contribution in [3.05, 3.63) is 63.9 Å². The van der Waals surface area contributed by atoms with Gasteiger partial charge in [0.2, 0.25) is 0 Å². The van der Waals surface area contributed by atoms with Crippen LogP contribution < -0.4 is 0 Å². The highest BCUT2D eigenvalue weighted by Gasteiger charge is 2.39. The number of carbonyl (C=O) groups is 2. The van der Waals surface area contributed by atoms with E-state index in [1.165, 1.54) is 5.56 Å². The topological polar surface area (TPSA) is 43.4 Å². The molecule has 25 heavy (non-hydrogen) atoms. The maximum atomic E-state index is 12.8. The minimum Gasteiger partial charge on any atom is -0.465 e. The maximum absolute atomic E-state index is 12.8. The third-order valence-corrected chi connectivity index (χ3v) is 5.60. The lowest BCUT2D eigenvalue weighted by Gasteiger charge is -2.29. The smallest absolute Gasteiger partial charge is 0.317 e. The van der Waals surface area contributed by atoms with Gasteiger partial charge in [-0.3, -0.25) is 9.59 Å². The van der Waals surface area contributed by atoms with Crippen molar-refractivity contribution in [2.24, 2.45) is 5.92 Å². The van der Waals surface area contributed by atoms with Crippen LogP contribution in [0.3, 0.4) is 0 Å². The number of hydrogen-bond donors (Lipinski definition) is 0. The lowest BCUT2D eigenvalue weighted by Crippen LogP contribution is -2.33. The Morgan fingerprint density at radius 1 is 1.20 bits per heavy atom. The number of rotatable bonds is 5. The summed E-state index contributed by atoms with van der Waals surface area (Å²) in [6.07, 6.45) is 3.26. The van der Waals surface area contributed by atoms with Gasteiger partial charge < -0.3 is 4.74 Å². The highest BCUT2D eigenvalue weighted by molar-refractivity contribution is 7.11. The van der Waals surface area contributed by atoms with Crippen molar-refractivity contribution >= 4 is 28.7 Å². The van der Waals surface area contributed by atoms with Crippen LogP contribution in [0.2, 0.25) is 0 Å². The number of esters is 1. The van der Waals surface area contributed by atoms with E-state index < -0.39 is 11.9 Å². The molecule has 2 aromatic rings. The summed E-state index contributed by atoms with van der Waals surface area (Å²) >= 11 is 1.62. The highest BCUT2D eigenvalue weighted by Crippen LogP contribution is 2.41. The fraction of sp³-hybridized carbons (Fsp3) is 0.333. The summed E-state index contributed by atoms with van der Waals surface area (Å²) in [6, 6.07) is 12.2. The quantitative estimate of drug-likeness (QED) is 0.581. The van der Waals surface area contributed by atoms with E-state index in [0.29, 0.717) is 6.42 Å². The van der Waals surface area contributed by atoms with E-state index in [9.17, 15) is 9.59 Å². The van der Waals surface area contributed by atoms with E-state index in [1.54, 1.807) is 24.3 Å². The van der Waals surface area contributed by atoms with Gasteiger partial charge in [-0.2, -0.15) is 0 Å². The molecular formula is C21H22O3S. The standard InChI is InChI=1S/C21H22O3S/c1-3-14-7-9-15(10-8-14)17-12-16(19-6-5-11-25-19)13-18(22)20(17)21(23)24-4-2/h5-11,13,17,20H,3-4,12H2,1-2H3/t17-,20+/m1/s1. The van der Waals surface area contributed by atoms with Crippen molar-refractivity contribution in [3.8, 4) is 0 Å². The molecule has 2 atom stereocenters. The van der Waals surface area contributed by atoms with Gasteiger partial charge in [-0.1, -0.05) is 37.3 Å². The normalized spacial score (nSPS) is 20.2. The van der Waals surface area contributed by atoms with E-state index in [4.69, 9.17) is 4.74 Å². The second-order valence-electron chi connectivity index (χ2n) is 6.18. The second kappa shape index (κ2) is 7.79. The number of ketones is 1. The summed E-state index contributed by atoms with van der Waals surface area (Å²) in [5.41, 5.74) is 3.27. The Morgan fingerprint density at radius 3 is 2.56 bits per heavy atom. The van der Waals surface area contributed by atoms with Crippen molar-refractivity contribution in [3.63, 3.8) is 0 Å². The first-order valence-electron chi connectivity index (χ1n) is 8.67. The van der Waals surface area contributed by atoms with Gasteiger partial charge in [0.1, 0.15) is 5.92 Å². The molecule has 0 spiro atoms. The summed E-state index contributed by atoms with van der Waals surface area (Å²) in [5.74, 6) is -1.51. The Morgan fingerprint density at radius 2 is 1.96 bits per heavy atom. The molecule has 0 N–H and O–H groups in total. The Balaban J connectivity index is 1.98. The summed E-state index contributed by atoms with van der Waals surface area (Å²) in [6.45, 7) is 4.16. The molecule has 1 heterocycles. The summed E-state index contributed by atoms with van der Waals surface area (Å²) in [5, 5.41) is 2.00. The maximum Gasteiger partial charge on any atom is 0.317 e. The van der Waals surface area contributed by atoms with E-state index in [2.05, 4.69) is 19.1 Å². The number of allylic oxidation sites excluding steroid dienone is 2. The van der Waals surface area contributed by atoms with Crippen LogP contribution in [-0.4, -0.2) is 18.4 Å². The van der Waals surface area contributed by atoms with Crippen molar-refractivity contribution in [2.75, 3.05) is 6.61 Å². The largest absolute Gasteiger partial charge is 0.465 e. The molecule has 0 aliphatic heterocycles. The molecule has 130 valence electrons. The molecule has 0 amide bonds. The second-order valence-corrected chi connectivity index (χ2v) is 7.13. The van der Waals surface area contributed by atoms with Gasteiger partial charge in [-0.05, 0) is 54.0 Å². The lowest BCUT2D eigenvalue weighted by atomic mass is 9.74. The average molecular weight is 354 g/mol. The average Bonchev–Trinajstić information content (AvgIpc) is 3.16. The number of benzene rings is 1. The molecule has 4 heteroatoms. The Labute approximate surface area is 152 Å². The minimum absolute atomic E-state index is 0.155. The third-order valence-electron chi connectivity index (χ3n) is 4.66. The monoisotopic (exact) mass is 354 g/mol. The Bertz CT molecular complexity index is 772. The summed E-state index contributed by atoms with van der Waals surface area (Å²) in [4.78, 5) is 26.3. The molecule has 0 radical (unpaired) electrons. The molecule has 0 saturated carbocycles. The van der Waals surface area contributed by atoms with Gasteiger partial charge >= 0.3 is 5.97 Å². The molecule has 3 rings (SSSR count). The van der Waals surface area contributed by atoms with Crippen LogP contribution >= 0.6 is 11.3 Å². The Hall–Kier alpha value is -2.20. The molecule has 0 fully saturated rings. The number of aryl methyl sites for hydroxylation is 1. The molecule has 0 saturated heterocycles. The number of hydrogen-bond acceptors (Lipinski definition) is 4. The van der Waals surface area contributed by atoms with Crippen LogP contribution in [0.25, 0.3) is 5.57 Å². The van der Waals surface area contributed by atoms with Crippen LogP contribution in [0, 0.1) is 5.92 Å². The predicted molar refractivity (Wildman–Crippen MR) is 101 cm³/mol. The zero-order valence-corrected chi connectivity index (χ0v) is 15.3. The third kappa shape index (κ3) is 3.74. The van der Waals surface area contributed by atoms with Crippen molar-refractivity contribution in [2.45, 2.75) is 32.6 Å². The van der Waals surface area contributed by atoms with Crippen LogP contribution in [0.1, 0.15) is 42.2 Å². The van der Waals surface area contributed by atoms with E-state index in [0.717, 1.165) is 22.4 Å². The van der Waals surface area contributed by atoms with E-state index in [-0.39, 0.29) is 18.3 Å². The van der Waals surface area contributed by atoms with Crippen LogP contribution in [-0.2, 0) is 20.7 Å². The van der Waals surface area contributed by atoms with Crippen LogP contribution in [0.5, 0.6) is 0 Å². The number of thiophene rings is 1. The first-order chi connectivity index (χ1) is 12.1. The van der Waals surface area contributed by atoms with Gasteiger partial charge in [-0.15, -0.1) is 11.3 Å². The van der Waals surface area contributed by atoms with Crippen LogP contribution in [0.4, 0.5) is 0 Å². The number of ether oxygens (including phenoxy) is 1. The van der Waals surface area contributed by atoms with Gasteiger partial charge in [0.05, 0.1) is 6.61 Å². The Kier molecular flexibility index (Phi) is 5.49. The molecule has 0 bridgehead atoms. The highest BCUT2D eigenvalue weighted by atomic mass is 32.1. The molecule has 3 nitrogen and oxygen atoms in total. The first-order valence-corrected chi connectivity index (χ1v) is 9.55. The predicted octanol–water partition coefficient (Wildman–Crippen LogP) is 4.63. The molecule has 1 aliphatic carbocycles. The summed E-state index contributed by atoms with van der Waals surface area (Å²) in [7, 11) is 0. The van der Waals surface area contributed by atoms with E-state index in [1.807, 2.05) is 29.6 Å². The molecule has 1 aromatic heterocycles. The zero-order valence-electron chi connectivity index (χ0n) is 14.5. The fourth-order valence-electron chi connectivity index (χ4n) is 3.33. The fourth-order valence-corrected chi connectivity index (χ4v) is 4.08. The van der Waals surface area contributed by atoms with Gasteiger partial charge in [0.15, 0.2) is 5.78 Å². The molecule has 0 unspecified atom stereocenters. The van der Waals surface area contributed by atoms with Crippen LogP contribution in [0.15, 0.2) is 47.9 Å². The van der Waals surface area contributed by atoms with Gasteiger partial charge in [0, 0.05) is 10.8 Å². The lowest BCUT2D eigenvalue weighted by molar-refractivity contribution is -0.151. The minimum atomic E-state index is -0.754. The zero-order chi connectivity index (χ0) is 17.8. The van der Waals surface area contributed by atoms with Crippen molar-refractivity contribution in [1.82, 2.24) is 0 Å². The van der Waals surface area contributed by atoms with E-state index >= 15 is 0 Å². The first kappa shape index (κ1) is 17.6. The number of carbonyl (C=O) groups excluding carboxylic acids is 2.